The van der Waals surface area contributed by atoms with E-state index in [4.69, 9.17) is 4.74 Å². The van der Waals surface area contributed by atoms with Gasteiger partial charge in [-0.25, -0.2) is 17.9 Å². The van der Waals surface area contributed by atoms with Gasteiger partial charge in [-0.3, -0.25) is 14.5 Å². The molecule has 3 aromatic rings. The Morgan fingerprint density at radius 1 is 1.29 bits per heavy atom. The number of aromatic nitrogens is 2. The van der Waals surface area contributed by atoms with Crippen LogP contribution in [0.25, 0.3) is 21.8 Å². The number of nitrogens with one attached hydrogen (secondary N) is 3. The number of likely N-dealkylation sites (tertiary alicyclic amines) is 1. The maximum Gasteiger partial charge on any atom is 0.337 e. The van der Waals surface area contributed by atoms with E-state index in [1.54, 1.807) is 27.7 Å². The van der Waals surface area contributed by atoms with Crippen molar-refractivity contribution in [3.05, 3.63) is 40.3 Å². The molecule has 188 valence electrons. The Bertz CT molecular complexity index is 1480. The number of carboxylic acid groups (broad SMARTS) is 1. The molecule has 0 aliphatic carbocycles. The summed E-state index contributed by atoms with van der Waals surface area (Å²) in [5, 5.41) is 9.96. The first-order chi connectivity index (χ1) is 16.3. The van der Waals surface area contributed by atoms with E-state index in [1.807, 2.05) is 4.90 Å². The highest BCUT2D eigenvalue weighted by atomic mass is 32.2. The van der Waals surface area contributed by atoms with Crippen molar-refractivity contribution in [2.45, 2.75) is 56.7 Å². The molecule has 1 aliphatic rings. The van der Waals surface area contributed by atoms with Crippen LogP contribution in [0.5, 0.6) is 0 Å². The molecular weight excluding hydrogens is 476 g/mol. The number of nitrogens with zero attached hydrogens (tertiary/aromatic N) is 1. The lowest BCUT2D eigenvalue weighted by atomic mass is 10.1. The van der Waals surface area contributed by atoms with E-state index < -0.39 is 39.2 Å². The molecule has 3 heterocycles. The second-order valence-corrected chi connectivity index (χ2v) is 11.4. The lowest BCUT2D eigenvalue weighted by molar-refractivity contribution is -0.160. The van der Waals surface area contributed by atoms with Gasteiger partial charge < -0.3 is 19.8 Å². The monoisotopic (exact) mass is 504 g/mol. The third-order valence-corrected chi connectivity index (χ3v) is 7.51. The van der Waals surface area contributed by atoms with Crippen molar-refractivity contribution in [1.29, 1.82) is 0 Å². The molecule has 0 saturated carbocycles. The molecular formula is C23H28N4O7S. The SMILES string of the molecule is CC(C(=O)OC(C)(C)C)N1CC[C@H](NS(=O)(=O)c2ccc3[nH]c(=O)c4[nH]cc(C(=O)O)c4c3c2)C1. The largest absolute Gasteiger partial charge is 0.478 e. The number of hydrogen-bond acceptors (Lipinski definition) is 7. The molecule has 0 amide bonds. The van der Waals surface area contributed by atoms with Crippen LogP contribution in [0.1, 0.15) is 44.5 Å². The van der Waals surface area contributed by atoms with Gasteiger partial charge in [0.1, 0.15) is 17.2 Å². The number of aromatic carboxylic acids is 1. The van der Waals surface area contributed by atoms with E-state index in [-0.39, 0.29) is 27.3 Å². The van der Waals surface area contributed by atoms with E-state index in [2.05, 4.69) is 14.7 Å². The molecule has 1 aromatic carbocycles. The van der Waals surface area contributed by atoms with Gasteiger partial charge >= 0.3 is 11.9 Å². The lowest BCUT2D eigenvalue weighted by Crippen LogP contribution is -2.43. The summed E-state index contributed by atoms with van der Waals surface area (Å²) < 4.78 is 34.5. The Hall–Kier alpha value is -3.22. The molecule has 11 nitrogen and oxygen atoms in total. The van der Waals surface area contributed by atoms with Gasteiger partial charge in [0.05, 0.1) is 10.5 Å². The second-order valence-electron chi connectivity index (χ2n) is 9.73. The predicted molar refractivity (Wildman–Crippen MR) is 129 cm³/mol. The summed E-state index contributed by atoms with van der Waals surface area (Å²) in [7, 11) is -3.97. The molecule has 1 unspecified atom stereocenters. The van der Waals surface area contributed by atoms with Crippen LogP contribution in [0, 0.1) is 0 Å². The Morgan fingerprint density at radius 2 is 2.00 bits per heavy atom. The predicted octanol–water partition coefficient (Wildman–Crippen LogP) is 1.79. The smallest absolute Gasteiger partial charge is 0.337 e. The number of ether oxygens (including phenoxy) is 1. The summed E-state index contributed by atoms with van der Waals surface area (Å²) in [6, 6.07) is 3.21. The van der Waals surface area contributed by atoms with Gasteiger partial charge in [0, 0.05) is 41.6 Å². The van der Waals surface area contributed by atoms with Crippen molar-refractivity contribution >= 4 is 43.8 Å². The number of pyridine rings is 1. The Balaban J connectivity index is 1.59. The van der Waals surface area contributed by atoms with Crippen molar-refractivity contribution < 1.29 is 27.9 Å². The van der Waals surface area contributed by atoms with Crippen LogP contribution in [0.2, 0.25) is 0 Å². The van der Waals surface area contributed by atoms with Crippen molar-refractivity contribution in [2.75, 3.05) is 13.1 Å². The summed E-state index contributed by atoms with van der Waals surface area (Å²) >= 11 is 0. The van der Waals surface area contributed by atoms with Crippen LogP contribution in [0.15, 0.2) is 34.1 Å². The highest BCUT2D eigenvalue weighted by Crippen LogP contribution is 2.27. The van der Waals surface area contributed by atoms with Crippen LogP contribution in [0.3, 0.4) is 0 Å². The summed E-state index contributed by atoms with van der Waals surface area (Å²) in [6.45, 7) is 7.97. The fourth-order valence-electron chi connectivity index (χ4n) is 4.30. The molecule has 1 fully saturated rings. The molecule has 2 aromatic heterocycles. The topological polar surface area (TPSA) is 162 Å². The van der Waals surface area contributed by atoms with Crippen LogP contribution >= 0.6 is 0 Å². The van der Waals surface area contributed by atoms with E-state index in [1.165, 1.54) is 24.4 Å². The number of carbonyl (C=O) groups is 2. The fourth-order valence-corrected chi connectivity index (χ4v) is 5.59. The highest BCUT2D eigenvalue weighted by Gasteiger charge is 2.34. The van der Waals surface area contributed by atoms with Gasteiger partial charge in [0.2, 0.25) is 10.0 Å². The lowest BCUT2D eigenvalue weighted by Gasteiger charge is -2.27. The fraction of sp³-hybridized carbons (Fsp3) is 0.435. The first-order valence-corrected chi connectivity index (χ1v) is 12.6. The molecule has 0 radical (unpaired) electrons. The first kappa shape index (κ1) is 24.9. The second kappa shape index (κ2) is 8.77. The number of benzene rings is 1. The number of carboxylic acids is 1. The van der Waals surface area contributed by atoms with Gasteiger partial charge in [-0.15, -0.1) is 0 Å². The van der Waals surface area contributed by atoms with Gasteiger partial charge in [0.25, 0.3) is 5.56 Å². The number of hydrogen-bond donors (Lipinski definition) is 4. The third-order valence-electron chi connectivity index (χ3n) is 5.99. The zero-order valence-corrected chi connectivity index (χ0v) is 20.7. The minimum atomic E-state index is -3.97. The summed E-state index contributed by atoms with van der Waals surface area (Å²) in [6.07, 6.45) is 1.72. The van der Waals surface area contributed by atoms with Crippen molar-refractivity contribution in [2.24, 2.45) is 0 Å². The van der Waals surface area contributed by atoms with E-state index in [9.17, 15) is 27.9 Å². The third kappa shape index (κ3) is 4.95. The minimum Gasteiger partial charge on any atom is -0.478 e. The molecule has 1 saturated heterocycles. The average Bonchev–Trinajstić information content (AvgIpc) is 3.39. The van der Waals surface area contributed by atoms with Gasteiger partial charge in [-0.05, 0) is 52.3 Å². The first-order valence-electron chi connectivity index (χ1n) is 11.2. The van der Waals surface area contributed by atoms with Crippen molar-refractivity contribution in [1.82, 2.24) is 19.6 Å². The normalized spacial score (nSPS) is 18.2. The number of aromatic amines is 2. The van der Waals surface area contributed by atoms with Crippen LogP contribution in [-0.2, 0) is 19.6 Å². The standard InChI is InChI=1S/C23H28N4O7S/c1-12(22(31)34-23(2,3)4)27-8-7-13(11-27)26-35(32,33)14-5-6-17-15(9-14)18-16(21(29)30)10-24-19(18)20(28)25-17/h5-6,9-10,12-13,24,26H,7-8,11H2,1-4H3,(H,25,28)(H,29,30)/t12?,13-/m0/s1. The molecule has 1 aliphatic heterocycles. The molecule has 0 bridgehead atoms. The summed E-state index contributed by atoms with van der Waals surface area (Å²) in [5.74, 6) is -1.60. The van der Waals surface area contributed by atoms with E-state index >= 15 is 0 Å². The minimum absolute atomic E-state index is 0.0555. The van der Waals surface area contributed by atoms with Gasteiger partial charge in [-0.1, -0.05) is 0 Å². The van der Waals surface area contributed by atoms with Gasteiger partial charge in [0.15, 0.2) is 0 Å². The van der Waals surface area contributed by atoms with E-state index in [0.29, 0.717) is 30.4 Å². The summed E-state index contributed by atoms with van der Waals surface area (Å²) in [5.41, 5.74) is -0.862. The molecule has 35 heavy (non-hydrogen) atoms. The number of sulfonamides is 1. The molecule has 4 N–H and O–H groups in total. The van der Waals surface area contributed by atoms with Crippen LogP contribution < -0.4 is 10.3 Å². The number of fused-ring (bicyclic) bond motifs is 3. The quantitative estimate of drug-likeness (QED) is 0.369. The molecule has 0 spiro atoms. The maximum atomic E-state index is 13.2. The van der Waals surface area contributed by atoms with Gasteiger partial charge in [-0.2, -0.15) is 0 Å². The maximum absolute atomic E-state index is 13.2. The number of H-pyrrole nitrogens is 2. The zero-order chi connectivity index (χ0) is 25.7. The Labute approximate surface area is 201 Å². The Morgan fingerprint density at radius 3 is 2.66 bits per heavy atom. The molecule has 12 heteroatoms. The Kier molecular flexibility index (Phi) is 6.24. The summed E-state index contributed by atoms with van der Waals surface area (Å²) in [4.78, 5) is 43.4. The number of esters is 1. The van der Waals surface area contributed by atoms with Crippen LogP contribution in [-0.4, -0.2) is 71.1 Å². The van der Waals surface area contributed by atoms with E-state index in [0.717, 1.165) is 0 Å². The number of rotatable bonds is 6. The van der Waals surface area contributed by atoms with Crippen LogP contribution in [0.4, 0.5) is 0 Å². The van der Waals surface area contributed by atoms with Crippen molar-refractivity contribution in [3.8, 4) is 0 Å². The molecule has 2 atom stereocenters. The van der Waals surface area contributed by atoms with Crippen molar-refractivity contribution in [3.63, 3.8) is 0 Å². The zero-order valence-electron chi connectivity index (χ0n) is 19.8. The molecule has 4 rings (SSSR count). The highest BCUT2D eigenvalue weighted by molar-refractivity contribution is 7.89. The average molecular weight is 505 g/mol. The number of carbonyl (C=O) groups excluding carboxylic acids is 1.